The van der Waals surface area contributed by atoms with Crippen molar-refractivity contribution in [3.05, 3.63) is 48.0 Å². The van der Waals surface area contributed by atoms with Crippen LogP contribution in [-0.4, -0.2) is 60.9 Å². The number of sulfonamides is 1. The second-order valence-corrected chi connectivity index (χ2v) is 7.88. The molecule has 0 aliphatic carbocycles. The third-order valence-corrected chi connectivity index (χ3v) is 4.83. The molecule has 0 fully saturated rings. The molecule has 9 heteroatoms. The lowest BCUT2D eigenvalue weighted by molar-refractivity contribution is 0.0600. The topological polar surface area (TPSA) is 88.5 Å². The van der Waals surface area contributed by atoms with E-state index in [-0.39, 0.29) is 16.2 Å². The Morgan fingerprint density at radius 2 is 1.71 bits per heavy atom. The molecule has 0 aromatic heterocycles. The third kappa shape index (κ3) is 5.01. The van der Waals surface area contributed by atoms with E-state index in [4.69, 9.17) is 9.47 Å². The first-order valence-corrected chi connectivity index (χ1v) is 9.73. The first-order valence-electron chi connectivity index (χ1n) is 8.29. The van der Waals surface area contributed by atoms with E-state index in [0.717, 1.165) is 0 Å². The zero-order valence-corrected chi connectivity index (χ0v) is 17.2. The lowest BCUT2D eigenvalue weighted by Gasteiger charge is -2.21. The molecular weight excluding hydrogens is 382 g/mol. The summed E-state index contributed by atoms with van der Waals surface area (Å²) in [5.74, 6) is -0.147. The smallest absolute Gasteiger partial charge is 0.337 e. The molecule has 0 saturated heterocycles. The van der Waals surface area contributed by atoms with Crippen LogP contribution in [0.5, 0.6) is 11.5 Å². The number of carbonyl (C=O) groups is 1. The van der Waals surface area contributed by atoms with E-state index in [9.17, 15) is 13.2 Å². The summed E-state index contributed by atoms with van der Waals surface area (Å²) in [5, 5.41) is 0. The van der Waals surface area contributed by atoms with Crippen molar-refractivity contribution < 1.29 is 22.7 Å². The van der Waals surface area contributed by atoms with Crippen molar-refractivity contribution in [1.82, 2.24) is 4.90 Å². The zero-order valence-electron chi connectivity index (χ0n) is 16.4. The molecule has 8 nitrogen and oxygen atoms in total. The number of hydrogen-bond donors (Lipinski definition) is 0. The highest BCUT2D eigenvalue weighted by atomic mass is 32.2. The lowest BCUT2D eigenvalue weighted by Crippen LogP contribution is -2.15. The number of hydrogen-bond acceptors (Lipinski definition) is 6. The molecule has 0 unspecified atom stereocenters. The van der Waals surface area contributed by atoms with Gasteiger partial charge in [-0.3, -0.25) is 0 Å². The predicted molar refractivity (Wildman–Crippen MR) is 108 cm³/mol. The lowest BCUT2D eigenvalue weighted by atomic mass is 10.1. The number of carbonyl (C=O) groups excluding carboxylic acids is 1. The number of esters is 1. The van der Waals surface area contributed by atoms with Crippen molar-refractivity contribution in [3.8, 4) is 11.5 Å². The molecular formula is C19H23N3O5S. The van der Waals surface area contributed by atoms with Gasteiger partial charge in [0.05, 0.1) is 18.4 Å². The summed E-state index contributed by atoms with van der Waals surface area (Å²) in [6.07, 6.45) is 1.17. The first kappa shape index (κ1) is 21.2. The number of methoxy groups -OCH3 is 1. The average Bonchev–Trinajstić information content (AvgIpc) is 2.66. The molecule has 0 aliphatic heterocycles. The zero-order chi connectivity index (χ0) is 20.9. The van der Waals surface area contributed by atoms with Crippen LogP contribution < -0.4 is 9.64 Å². The van der Waals surface area contributed by atoms with Crippen LogP contribution in [0.2, 0.25) is 0 Å². The van der Waals surface area contributed by atoms with Gasteiger partial charge in [-0.25, -0.2) is 4.79 Å². The van der Waals surface area contributed by atoms with E-state index in [2.05, 4.69) is 4.40 Å². The highest BCUT2D eigenvalue weighted by Gasteiger charge is 2.26. The number of para-hydroxylation sites is 1. The molecule has 0 N–H and O–H groups in total. The van der Waals surface area contributed by atoms with Gasteiger partial charge in [-0.2, -0.15) is 8.42 Å². The fraction of sp³-hybridized carbons (Fsp3) is 0.263. The van der Waals surface area contributed by atoms with Crippen LogP contribution in [0.15, 0.2) is 51.8 Å². The van der Waals surface area contributed by atoms with Gasteiger partial charge in [0.15, 0.2) is 5.75 Å². The molecule has 0 amide bonds. The minimum absolute atomic E-state index is 0.0692. The monoisotopic (exact) mass is 405 g/mol. The molecule has 0 saturated carbocycles. The molecule has 2 aromatic carbocycles. The van der Waals surface area contributed by atoms with Crippen molar-refractivity contribution in [2.75, 3.05) is 40.2 Å². The Hall–Kier alpha value is -3.07. The van der Waals surface area contributed by atoms with Crippen LogP contribution in [0.4, 0.5) is 5.69 Å². The van der Waals surface area contributed by atoms with Gasteiger partial charge in [0.1, 0.15) is 17.0 Å². The van der Waals surface area contributed by atoms with Crippen LogP contribution >= 0.6 is 0 Å². The summed E-state index contributed by atoms with van der Waals surface area (Å²) in [6.45, 7) is 0. The number of rotatable bonds is 7. The van der Waals surface area contributed by atoms with Crippen LogP contribution in [0.1, 0.15) is 10.4 Å². The summed E-state index contributed by atoms with van der Waals surface area (Å²) in [6, 6.07) is 11.5. The second kappa shape index (κ2) is 8.75. The molecule has 28 heavy (non-hydrogen) atoms. The van der Waals surface area contributed by atoms with Crippen LogP contribution in [0.3, 0.4) is 0 Å². The maximum absolute atomic E-state index is 12.9. The van der Waals surface area contributed by atoms with Crippen molar-refractivity contribution in [3.63, 3.8) is 0 Å². The maximum atomic E-state index is 12.9. The number of benzene rings is 2. The standard InChI is InChI=1S/C19H23N3O5S/c1-21(2)13-20-28(24,25)17-12-14(19(23)26-5)11-16(22(3)4)18(17)27-15-9-7-6-8-10-15/h6-13H,1-5H3. The van der Waals surface area contributed by atoms with E-state index in [0.29, 0.717) is 11.4 Å². The van der Waals surface area contributed by atoms with Gasteiger partial charge in [0, 0.05) is 28.2 Å². The van der Waals surface area contributed by atoms with Gasteiger partial charge in [-0.1, -0.05) is 18.2 Å². The van der Waals surface area contributed by atoms with E-state index in [1.165, 1.54) is 30.5 Å². The van der Waals surface area contributed by atoms with Gasteiger partial charge < -0.3 is 19.3 Å². The third-order valence-electron chi connectivity index (χ3n) is 3.60. The van der Waals surface area contributed by atoms with Crippen LogP contribution in [0.25, 0.3) is 0 Å². The maximum Gasteiger partial charge on any atom is 0.337 e. The molecule has 2 rings (SSSR count). The minimum Gasteiger partial charge on any atom is -0.465 e. The Balaban J connectivity index is 2.76. The minimum atomic E-state index is -4.16. The molecule has 0 aliphatic rings. The number of ether oxygens (including phenoxy) is 2. The average molecular weight is 405 g/mol. The molecule has 0 atom stereocenters. The van der Waals surface area contributed by atoms with Gasteiger partial charge in [-0.15, -0.1) is 4.40 Å². The molecule has 150 valence electrons. The van der Waals surface area contributed by atoms with Gasteiger partial charge >= 0.3 is 5.97 Å². The highest BCUT2D eigenvalue weighted by Crippen LogP contribution is 2.39. The summed E-state index contributed by atoms with van der Waals surface area (Å²) in [5.41, 5.74) is 0.468. The quantitative estimate of drug-likeness (QED) is 0.397. The van der Waals surface area contributed by atoms with Crippen LogP contribution in [-0.2, 0) is 14.8 Å². The summed E-state index contributed by atoms with van der Waals surface area (Å²) in [7, 11) is 3.80. The van der Waals surface area contributed by atoms with Crippen molar-refractivity contribution in [2.24, 2.45) is 4.40 Å². The van der Waals surface area contributed by atoms with Gasteiger partial charge in [-0.05, 0) is 24.3 Å². The highest BCUT2D eigenvalue weighted by molar-refractivity contribution is 7.90. The van der Waals surface area contributed by atoms with E-state index in [1.807, 2.05) is 6.07 Å². The fourth-order valence-electron chi connectivity index (χ4n) is 2.27. The van der Waals surface area contributed by atoms with Gasteiger partial charge in [0.2, 0.25) is 0 Å². The summed E-state index contributed by atoms with van der Waals surface area (Å²) < 4.78 is 40.2. The normalized spacial score (nSPS) is 11.3. The Morgan fingerprint density at radius 1 is 1.07 bits per heavy atom. The summed E-state index contributed by atoms with van der Waals surface area (Å²) >= 11 is 0. The predicted octanol–water partition coefficient (Wildman–Crippen LogP) is 2.61. The molecule has 0 radical (unpaired) electrons. The molecule has 0 heterocycles. The second-order valence-electron chi connectivity index (χ2n) is 6.28. The van der Waals surface area contributed by atoms with Crippen molar-refractivity contribution in [1.29, 1.82) is 0 Å². The van der Waals surface area contributed by atoms with E-state index in [1.54, 1.807) is 57.4 Å². The Labute approximate surface area is 165 Å². The largest absolute Gasteiger partial charge is 0.465 e. The first-order chi connectivity index (χ1) is 13.2. The van der Waals surface area contributed by atoms with Gasteiger partial charge in [0.25, 0.3) is 10.0 Å². The molecule has 0 spiro atoms. The van der Waals surface area contributed by atoms with E-state index >= 15 is 0 Å². The molecule has 2 aromatic rings. The number of nitrogens with zero attached hydrogens (tertiary/aromatic N) is 3. The Bertz CT molecular complexity index is 971. The SMILES string of the molecule is COC(=O)c1cc(N(C)C)c(Oc2ccccc2)c(S(=O)(=O)N=CN(C)C)c1. The number of anilines is 1. The van der Waals surface area contributed by atoms with Crippen molar-refractivity contribution >= 4 is 28.0 Å². The van der Waals surface area contributed by atoms with Crippen molar-refractivity contribution in [2.45, 2.75) is 4.90 Å². The summed E-state index contributed by atoms with van der Waals surface area (Å²) in [4.78, 5) is 15.0. The Kier molecular flexibility index (Phi) is 6.63. The fourth-order valence-corrected chi connectivity index (χ4v) is 3.35. The molecule has 0 bridgehead atoms. The Morgan fingerprint density at radius 3 is 2.25 bits per heavy atom. The van der Waals surface area contributed by atoms with E-state index < -0.39 is 16.0 Å². The van der Waals surface area contributed by atoms with Crippen LogP contribution in [0, 0.1) is 0 Å².